The topological polar surface area (TPSA) is 13.0 Å². The number of hydrogen-bond donors (Lipinski definition) is 0. The molecule has 0 radical (unpaired) electrons. The monoisotopic (exact) mass is 228 g/mol. The zero-order chi connectivity index (χ0) is 10.8. The van der Waals surface area contributed by atoms with Crippen LogP contribution in [0.4, 0.5) is 0 Å². The fourth-order valence-electron chi connectivity index (χ4n) is 2.07. The molecule has 0 bridgehead atoms. The van der Waals surface area contributed by atoms with Crippen molar-refractivity contribution in [3.63, 3.8) is 0 Å². The Morgan fingerprint density at radius 1 is 1.00 bits per heavy atom. The van der Waals surface area contributed by atoms with Crippen LogP contribution in [-0.4, -0.2) is 84.7 Å². The van der Waals surface area contributed by atoms with Crippen LogP contribution in [0.3, 0.4) is 0 Å². The van der Waals surface area contributed by atoms with Crippen LogP contribution >= 0.6 is 12.2 Å². The Balaban J connectivity index is 1.80. The summed E-state index contributed by atoms with van der Waals surface area (Å²) in [6.07, 6.45) is 0. The highest BCUT2D eigenvalue weighted by atomic mass is 32.1. The Morgan fingerprint density at radius 2 is 1.67 bits per heavy atom. The molecule has 15 heavy (non-hydrogen) atoms. The Kier molecular flexibility index (Phi) is 3.43. The molecule has 0 atom stereocenters. The van der Waals surface area contributed by atoms with Gasteiger partial charge < -0.3 is 14.7 Å². The number of thiocarbonyl (C=S) groups is 1. The summed E-state index contributed by atoms with van der Waals surface area (Å²) in [5.74, 6) is 0. The molecule has 0 aromatic carbocycles. The van der Waals surface area contributed by atoms with Crippen molar-refractivity contribution in [3.8, 4) is 0 Å². The van der Waals surface area contributed by atoms with Crippen LogP contribution in [0, 0.1) is 0 Å². The minimum atomic E-state index is 1.01. The second-order valence-corrected chi connectivity index (χ2v) is 4.90. The van der Waals surface area contributed by atoms with E-state index in [0.29, 0.717) is 0 Å². The van der Waals surface area contributed by atoms with Crippen molar-refractivity contribution >= 4 is 17.3 Å². The minimum Gasteiger partial charge on any atom is -0.350 e. The summed E-state index contributed by atoms with van der Waals surface area (Å²) in [4.78, 5) is 9.34. The average Bonchev–Trinajstić information content (AvgIpc) is 2.53. The van der Waals surface area contributed by atoms with E-state index in [9.17, 15) is 0 Å². The molecule has 4 nitrogen and oxygen atoms in total. The van der Waals surface area contributed by atoms with Crippen molar-refractivity contribution in [2.24, 2.45) is 0 Å². The molecule has 2 fully saturated rings. The number of rotatable bonds is 2. The van der Waals surface area contributed by atoms with E-state index < -0.39 is 0 Å². The third kappa shape index (κ3) is 2.59. The van der Waals surface area contributed by atoms with Crippen LogP contribution < -0.4 is 0 Å². The average molecular weight is 228 g/mol. The van der Waals surface area contributed by atoms with Crippen LogP contribution in [0.5, 0.6) is 0 Å². The molecular formula is C10H20N4S. The number of piperazine rings is 1. The van der Waals surface area contributed by atoms with Gasteiger partial charge in [0.05, 0.1) is 6.67 Å². The van der Waals surface area contributed by atoms with Crippen molar-refractivity contribution < 1.29 is 0 Å². The summed E-state index contributed by atoms with van der Waals surface area (Å²) in [6.45, 7) is 7.86. The normalized spacial score (nSPS) is 25.3. The van der Waals surface area contributed by atoms with Crippen molar-refractivity contribution in [2.75, 3.05) is 60.0 Å². The van der Waals surface area contributed by atoms with Gasteiger partial charge in [-0.1, -0.05) is 0 Å². The van der Waals surface area contributed by atoms with E-state index in [4.69, 9.17) is 12.2 Å². The molecule has 86 valence electrons. The van der Waals surface area contributed by atoms with Crippen LogP contribution in [0.2, 0.25) is 0 Å². The highest BCUT2D eigenvalue weighted by Gasteiger charge is 2.24. The molecule has 0 aromatic heterocycles. The predicted octanol–water partition coefficient (Wildman–Crippen LogP) is -0.276. The maximum atomic E-state index is 5.37. The second-order valence-electron chi connectivity index (χ2n) is 4.53. The molecule has 5 heteroatoms. The zero-order valence-corrected chi connectivity index (χ0v) is 10.5. The Labute approximate surface area is 97.4 Å². The first kappa shape index (κ1) is 11.1. The quantitative estimate of drug-likeness (QED) is 0.601. The number of hydrogen-bond acceptors (Lipinski definition) is 3. The lowest BCUT2D eigenvalue weighted by Gasteiger charge is -2.35. The lowest BCUT2D eigenvalue weighted by molar-refractivity contribution is 0.118. The van der Waals surface area contributed by atoms with E-state index in [0.717, 1.165) is 24.9 Å². The fraction of sp³-hybridized carbons (Fsp3) is 0.900. The van der Waals surface area contributed by atoms with E-state index in [1.165, 1.54) is 26.2 Å². The largest absolute Gasteiger partial charge is 0.350 e. The van der Waals surface area contributed by atoms with Gasteiger partial charge in [0.1, 0.15) is 0 Å². The van der Waals surface area contributed by atoms with E-state index in [-0.39, 0.29) is 0 Å². The van der Waals surface area contributed by atoms with Gasteiger partial charge >= 0.3 is 0 Å². The van der Waals surface area contributed by atoms with Gasteiger partial charge in [-0.2, -0.15) is 0 Å². The summed E-state index contributed by atoms with van der Waals surface area (Å²) in [5.41, 5.74) is 0. The Bertz CT molecular complexity index is 238. The van der Waals surface area contributed by atoms with Crippen LogP contribution in [0.1, 0.15) is 0 Å². The Morgan fingerprint density at radius 3 is 2.20 bits per heavy atom. The van der Waals surface area contributed by atoms with Gasteiger partial charge in [-0.25, -0.2) is 0 Å². The van der Waals surface area contributed by atoms with Gasteiger partial charge in [0, 0.05) is 46.3 Å². The first-order valence-corrected chi connectivity index (χ1v) is 5.98. The minimum absolute atomic E-state index is 1.01. The smallest absolute Gasteiger partial charge is 0.172 e. The lowest BCUT2D eigenvalue weighted by atomic mass is 10.3. The number of nitrogens with zero attached hydrogens (tertiary/aromatic N) is 4. The molecule has 0 aromatic rings. The third-order valence-corrected chi connectivity index (χ3v) is 3.84. The molecule has 2 heterocycles. The van der Waals surface area contributed by atoms with E-state index in [1.807, 2.05) is 0 Å². The third-order valence-electron chi connectivity index (χ3n) is 3.27. The molecule has 2 saturated heterocycles. The maximum Gasteiger partial charge on any atom is 0.172 e. The molecule has 0 aliphatic carbocycles. The van der Waals surface area contributed by atoms with Gasteiger partial charge in [0.25, 0.3) is 0 Å². The summed E-state index contributed by atoms with van der Waals surface area (Å²) >= 11 is 5.37. The maximum absolute atomic E-state index is 5.37. The fourth-order valence-corrected chi connectivity index (χ4v) is 2.31. The molecule has 0 amide bonds. The second kappa shape index (κ2) is 4.63. The van der Waals surface area contributed by atoms with Gasteiger partial charge in [-0.05, 0) is 19.3 Å². The molecule has 2 aliphatic heterocycles. The molecule has 0 N–H and O–H groups in total. The highest BCUT2D eigenvalue weighted by Crippen LogP contribution is 2.09. The summed E-state index contributed by atoms with van der Waals surface area (Å²) in [5, 5.41) is 1.01. The van der Waals surface area contributed by atoms with Gasteiger partial charge in [-0.15, -0.1) is 0 Å². The molecular weight excluding hydrogens is 208 g/mol. The van der Waals surface area contributed by atoms with Crippen LogP contribution in [0.15, 0.2) is 0 Å². The highest BCUT2D eigenvalue weighted by molar-refractivity contribution is 7.80. The zero-order valence-electron chi connectivity index (χ0n) is 9.65. The Hall–Kier alpha value is -0.390. The van der Waals surface area contributed by atoms with Gasteiger partial charge in [0.2, 0.25) is 0 Å². The molecule has 0 saturated carbocycles. The molecule has 0 spiro atoms. The summed E-state index contributed by atoms with van der Waals surface area (Å²) < 4.78 is 0. The predicted molar refractivity (Wildman–Crippen MR) is 65.9 cm³/mol. The van der Waals surface area contributed by atoms with E-state index in [1.54, 1.807) is 0 Å². The van der Waals surface area contributed by atoms with Crippen molar-refractivity contribution in [3.05, 3.63) is 0 Å². The molecule has 2 rings (SSSR count). The molecule has 2 aliphatic rings. The van der Waals surface area contributed by atoms with Crippen molar-refractivity contribution in [2.45, 2.75) is 0 Å². The SMILES string of the molecule is CN1CCN(CN2CCN(C)C2=S)CC1. The first-order valence-electron chi connectivity index (χ1n) is 5.58. The van der Waals surface area contributed by atoms with Crippen molar-refractivity contribution in [1.29, 1.82) is 0 Å². The van der Waals surface area contributed by atoms with E-state index in [2.05, 4.69) is 33.7 Å². The molecule has 0 unspecified atom stereocenters. The van der Waals surface area contributed by atoms with Crippen molar-refractivity contribution in [1.82, 2.24) is 19.6 Å². The standard InChI is InChI=1S/C10H20N4S/c1-11-3-6-13(7-4-11)9-14-8-5-12(2)10(14)15/h3-9H2,1-2H3. The van der Waals surface area contributed by atoms with Crippen LogP contribution in [-0.2, 0) is 0 Å². The summed E-state index contributed by atoms with van der Waals surface area (Å²) in [6, 6.07) is 0. The summed E-state index contributed by atoms with van der Waals surface area (Å²) in [7, 11) is 4.26. The van der Waals surface area contributed by atoms with Crippen LogP contribution in [0.25, 0.3) is 0 Å². The van der Waals surface area contributed by atoms with Gasteiger partial charge in [0.15, 0.2) is 5.11 Å². The number of likely N-dealkylation sites (N-methyl/N-ethyl adjacent to an activating group) is 2. The van der Waals surface area contributed by atoms with E-state index >= 15 is 0 Å². The first-order chi connectivity index (χ1) is 7.16. The van der Waals surface area contributed by atoms with Gasteiger partial charge in [-0.3, -0.25) is 4.90 Å². The lowest BCUT2D eigenvalue weighted by Crippen LogP contribution is -2.49.